The summed E-state index contributed by atoms with van der Waals surface area (Å²) in [5, 5.41) is 12.2. The highest BCUT2D eigenvalue weighted by Gasteiger charge is 2.26. The number of carbonyl (C=O) groups is 1. The largest absolute Gasteiger partial charge is 0.497 e. The van der Waals surface area contributed by atoms with Crippen molar-refractivity contribution in [1.82, 2.24) is 5.32 Å². The summed E-state index contributed by atoms with van der Waals surface area (Å²) in [6.45, 7) is 8.09. The SMILES string of the molecule is COc1ccc(C(=O)NC(CCO)C(C)(C)C)c(C)c1. The molecule has 4 heteroatoms. The molecule has 0 bridgehead atoms. The van der Waals surface area contributed by atoms with Crippen LogP contribution in [0.15, 0.2) is 18.2 Å². The zero-order chi connectivity index (χ0) is 15.3. The maximum atomic E-state index is 12.4. The van der Waals surface area contributed by atoms with Crippen LogP contribution in [0.4, 0.5) is 0 Å². The Morgan fingerprint density at radius 1 is 1.40 bits per heavy atom. The van der Waals surface area contributed by atoms with Gasteiger partial charge in [-0.15, -0.1) is 0 Å². The van der Waals surface area contributed by atoms with Gasteiger partial charge in [-0.3, -0.25) is 4.79 Å². The normalized spacial score (nSPS) is 12.9. The zero-order valence-corrected chi connectivity index (χ0v) is 13.0. The molecule has 0 aliphatic heterocycles. The van der Waals surface area contributed by atoms with Gasteiger partial charge in [-0.2, -0.15) is 0 Å². The Balaban J connectivity index is 2.89. The third-order valence-electron chi connectivity index (χ3n) is 3.45. The van der Waals surface area contributed by atoms with Crippen molar-refractivity contribution in [1.29, 1.82) is 0 Å². The standard InChI is InChI=1S/C16H25NO3/c1-11-10-12(20-5)6-7-13(11)15(19)17-14(8-9-18)16(2,3)4/h6-7,10,14,18H,8-9H2,1-5H3,(H,17,19). The first-order valence-corrected chi connectivity index (χ1v) is 6.86. The van der Waals surface area contributed by atoms with Crippen molar-refractivity contribution in [3.8, 4) is 5.75 Å². The van der Waals surface area contributed by atoms with Gasteiger partial charge in [0.15, 0.2) is 0 Å². The van der Waals surface area contributed by atoms with Crippen LogP contribution in [0.25, 0.3) is 0 Å². The third-order valence-corrected chi connectivity index (χ3v) is 3.45. The maximum Gasteiger partial charge on any atom is 0.251 e. The summed E-state index contributed by atoms with van der Waals surface area (Å²) in [5.41, 5.74) is 1.41. The number of methoxy groups -OCH3 is 1. The lowest BCUT2D eigenvalue weighted by Crippen LogP contribution is -2.44. The van der Waals surface area contributed by atoms with Gasteiger partial charge >= 0.3 is 0 Å². The summed E-state index contributed by atoms with van der Waals surface area (Å²) in [6.07, 6.45) is 0.546. The third kappa shape index (κ3) is 4.23. The second-order valence-corrected chi connectivity index (χ2v) is 6.09. The van der Waals surface area contributed by atoms with Crippen molar-refractivity contribution in [2.24, 2.45) is 5.41 Å². The molecule has 0 heterocycles. The van der Waals surface area contributed by atoms with Crippen molar-refractivity contribution in [3.05, 3.63) is 29.3 Å². The summed E-state index contributed by atoms with van der Waals surface area (Å²) < 4.78 is 5.14. The summed E-state index contributed by atoms with van der Waals surface area (Å²) in [4.78, 5) is 12.4. The number of aliphatic hydroxyl groups excluding tert-OH is 1. The maximum absolute atomic E-state index is 12.4. The quantitative estimate of drug-likeness (QED) is 0.870. The summed E-state index contributed by atoms with van der Waals surface area (Å²) in [5.74, 6) is 0.625. The number of aliphatic hydroxyl groups is 1. The second kappa shape index (κ2) is 6.75. The van der Waals surface area contributed by atoms with Crippen molar-refractivity contribution >= 4 is 5.91 Å². The second-order valence-electron chi connectivity index (χ2n) is 6.09. The Morgan fingerprint density at radius 2 is 2.05 bits per heavy atom. The highest BCUT2D eigenvalue weighted by Crippen LogP contribution is 2.23. The molecule has 0 saturated carbocycles. The first-order chi connectivity index (χ1) is 9.29. The number of hydrogen-bond acceptors (Lipinski definition) is 3. The molecule has 0 aliphatic rings. The van der Waals surface area contributed by atoms with Crippen LogP contribution in [-0.4, -0.2) is 30.8 Å². The molecule has 1 atom stereocenters. The summed E-state index contributed by atoms with van der Waals surface area (Å²) in [6, 6.07) is 5.32. The lowest BCUT2D eigenvalue weighted by Gasteiger charge is -2.31. The van der Waals surface area contributed by atoms with Gasteiger partial charge in [0.25, 0.3) is 5.91 Å². The van der Waals surface area contributed by atoms with E-state index in [1.807, 2.05) is 13.0 Å². The van der Waals surface area contributed by atoms with Crippen molar-refractivity contribution in [2.75, 3.05) is 13.7 Å². The highest BCUT2D eigenvalue weighted by atomic mass is 16.5. The molecule has 0 aliphatic carbocycles. The number of carbonyl (C=O) groups excluding carboxylic acids is 1. The van der Waals surface area contributed by atoms with Crippen molar-refractivity contribution in [3.63, 3.8) is 0 Å². The average molecular weight is 279 g/mol. The summed E-state index contributed by atoms with van der Waals surface area (Å²) >= 11 is 0. The molecule has 4 nitrogen and oxygen atoms in total. The van der Waals surface area contributed by atoms with Gasteiger partial charge in [-0.25, -0.2) is 0 Å². The van der Waals surface area contributed by atoms with Crippen molar-refractivity contribution in [2.45, 2.75) is 40.2 Å². The van der Waals surface area contributed by atoms with Crippen LogP contribution in [0.1, 0.15) is 43.1 Å². The molecule has 1 aromatic carbocycles. The van der Waals surface area contributed by atoms with Crippen LogP contribution in [0.5, 0.6) is 5.75 Å². The molecule has 2 N–H and O–H groups in total. The molecule has 0 radical (unpaired) electrons. The number of nitrogens with one attached hydrogen (secondary N) is 1. The topological polar surface area (TPSA) is 58.6 Å². The molecular weight excluding hydrogens is 254 g/mol. The average Bonchev–Trinajstić information content (AvgIpc) is 2.36. The van der Waals surface area contributed by atoms with Crippen LogP contribution in [-0.2, 0) is 0 Å². The van der Waals surface area contributed by atoms with Gasteiger partial charge < -0.3 is 15.2 Å². The molecular formula is C16H25NO3. The van der Waals surface area contributed by atoms with Crippen LogP contribution in [0.3, 0.4) is 0 Å². The lowest BCUT2D eigenvalue weighted by atomic mass is 9.84. The molecule has 1 unspecified atom stereocenters. The van der Waals surface area contributed by atoms with Gasteiger partial charge in [-0.05, 0) is 42.5 Å². The fourth-order valence-electron chi connectivity index (χ4n) is 2.10. The van der Waals surface area contributed by atoms with E-state index in [1.54, 1.807) is 19.2 Å². The van der Waals surface area contributed by atoms with Crippen LogP contribution in [0.2, 0.25) is 0 Å². The molecule has 1 rings (SSSR count). The molecule has 1 aromatic rings. The van der Waals surface area contributed by atoms with Crippen LogP contribution in [0, 0.1) is 12.3 Å². The van der Waals surface area contributed by atoms with Crippen LogP contribution >= 0.6 is 0 Å². The molecule has 1 amide bonds. The van der Waals surface area contributed by atoms with E-state index in [2.05, 4.69) is 26.1 Å². The number of amides is 1. The van der Waals surface area contributed by atoms with Gasteiger partial charge in [0.2, 0.25) is 0 Å². The zero-order valence-electron chi connectivity index (χ0n) is 13.0. The van der Waals surface area contributed by atoms with Gasteiger partial charge in [-0.1, -0.05) is 20.8 Å². The van der Waals surface area contributed by atoms with E-state index < -0.39 is 0 Å². The predicted octanol–water partition coefficient (Wildman–Crippen LogP) is 2.53. The van der Waals surface area contributed by atoms with Gasteiger partial charge in [0, 0.05) is 18.2 Å². The molecule has 0 fully saturated rings. The molecule has 112 valence electrons. The number of benzene rings is 1. The molecule has 20 heavy (non-hydrogen) atoms. The number of aryl methyl sites for hydroxylation is 1. The molecule has 0 saturated heterocycles. The molecule has 0 aromatic heterocycles. The Labute approximate surface area is 121 Å². The first kappa shape index (κ1) is 16.5. The summed E-state index contributed by atoms with van der Waals surface area (Å²) in [7, 11) is 1.60. The lowest BCUT2D eigenvalue weighted by molar-refractivity contribution is 0.0884. The van der Waals surface area contributed by atoms with Gasteiger partial charge in [0.05, 0.1) is 7.11 Å². The monoisotopic (exact) mass is 279 g/mol. The minimum absolute atomic E-state index is 0.0593. The van der Waals surface area contributed by atoms with E-state index in [-0.39, 0.29) is 24.0 Å². The minimum Gasteiger partial charge on any atom is -0.497 e. The Hall–Kier alpha value is -1.55. The van der Waals surface area contributed by atoms with E-state index in [1.165, 1.54) is 0 Å². The number of rotatable bonds is 5. The molecule has 0 spiro atoms. The predicted molar refractivity (Wildman–Crippen MR) is 80.1 cm³/mol. The Bertz CT molecular complexity index is 463. The fourth-order valence-corrected chi connectivity index (χ4v) is 2.10. The van der Waals surface area contributed by atoms with Crippen LogP contribution < -0.4 is 10.1 Å². The van der Waals surface area contributed by atoms with Crippen molar-refractivity contribution < 1.29 is 14.6 Å². The Morgan fingerprint density at radius 3 is 2.50 bits per heavy atom. The fraction of sp³-hybridized carbons (Fsp3) is 0.562. The van der Waals surface area contributed by atoms with Gasteiger partial charge in [0.1, 0.15) is 5.75 Å². The first-order valence-electron chi connectivity index (χ1n) is 6.86. The minimum atomic E-state index is -0.112. The number of hydrogen-bond donors (Lipinski definition) is 2. The van der Waals surface area contributed by atoms with E-state index in [0.717, 1.165) is 11.3 Å². The van der Waals surface area contributed by atoms with E-state index in [4.69, 9.17) is 9.84 Å². The highest BCUT2D eigenvalue weighted by molar-refractivity contribution is 5.96. The van der Waals surface area contributed by atoms with E-state index >= 15 is 0 Å². The van der Waals surface area contributed by atoms with E-state index in [9.17, 15) is 4.79 Å². The number of ether oxygens (including phenoxy) is 1. The van der Waals surface area contributed by atoms with E-state index in [0.29, 0.717) is 12.0 Å². The smallest absolute Gasteiger partial charge is 0.251 e. The Kier molecular flexibility index (Phi) is 5.57.